The van der Waals surface area contributed by atoms with Gasteiger partial charge in [0.1, 0.15) is 0 Å². The van der Waals surface area contributed by atoms with E-state index in [-0.39, 0.29) is 24.8 Å². The van der Waals surface area contributed by atoms with Gasteiger partial charge in [0.2, 0.25) is 0 Å². The van der Waals surface area contributed by atoms with E-state index in [1.165, 1.54) is 39.2 Å². The molecule has 5 rings (SSSR count). The summed E-state index contributed by atoms with van der Waals surface area (Å²) in [7, 11) is 0. The van der Waals surface area contributed by atoms with Crippen LogP contribution in [0.1, 0.15) is 42.9 Å². The van der Waals surface area contributed by atoms with Crippen molar-refractivity contribution in [1.29, 1.82) is 0 Å². The minimum absolute atomic E-state index is 0. The molecular formula is C30H34Cl2Zr. The van der Waals surface area contributed by atoms with Crippen molar-refractivity contribution in [3.05, 3.63) is 111 Å². The summed E-state index contributed by atoms with van der Waals surface area (Å²) in [5.74, 6) is 0. The summed E-state index contributed by atoms with van der Waals surface area (Å²) in [6.07, 6.45) is 11.7. The van der Waals surface area contributed by atoms with Gasteiger partial charge in [-0.2, -0.15) is 0 Å². The Balaban J connectivity index is 0.00000153. The SMILES string of the molecule is Cl.Cl.[CH2]=[Zr]([CH2]CCC)([CH2]c1ccccc1)([C]1=CC=CC1)[c]1cccc2c1Cc1ccccc1-2. The van der Waals surface area contributed by atoms with Crippen LogP contribution >= 0.6 is 24.8 Å². The first-order chi connectivity index (χ1) is 15.1. The number of hydrogen-bond donors (Lipinski definition) is 0. The predicted molar refractivity (Wildman–Crippen MR) is 148 cm³/mol. The normalized spacial score (nSPS) is 14.1. The van der Waals surface area contributed by atoms with E-state index in [1.807, 2.05) is 0 Å². The van der Waals surface area contributed by atoms with E-state index in [0.29, 0.717) is 0 Å². The van der Waals surface area contributed by atoms with Crippen molar-refractivity contribution >= 4 is 32.3 Å². The number of halogens is 2. The van der Waals surface area contributed by atoms with Crippen LogP contribution in [0.2, 0.25) is 4.13 Å². The fraction of sp³-hybridized carbons (Fsp3) is 0.233. The van der Waals surface area contributed by atoms with Gasteiger partial charge in [0.25, 0.3) is 0 Å². The van der Waals surface area contributed by atoms with Crippen molar-refractivity contribution in [2.75, 3.05) is 0 Å². The van der Waals surface area contributed by atoms with Gasteiger partial charge in [0.05, 0.1) is 0 Å². The number of hydrogen-bond acceptors (Lipinski definition) is 0. The van der Waals surface area contributed by atoms with Crippen molar-refractivity contribution < 1.29 is 18.3 Å². The van der Waals surface area contributed by atoms with Crippen molar-refractivity contribution in [3.8, 4) is 11.1 Å². The first-order valence-corrected chi connectivity index (χ1v) is 19.4. The Hall–Kier alpha value is -1.53. The van der Waals surface area contributed by atoms with Crippen LogP contribution < -0.4 is 3.27 Å². The van der Waals surface area contributed by atoms with Gasteiger partial charge < -0.3 is 0 Å². The second-order valence-electron chi connectivity index (χ2n) is 9.69. The predicted octanol–water partition coefficient (Wildman–Crippen LogP) is 8.11. The van der Waals surface area contributed by atoms with Crippen LogP contribution in [0.3, 0.4) is 0 Å². The molecule has 0 saturated carbocycles. The molecule has 0 heterocycles. The van der Waals surface area contributed by atoms with Gasteiger partial charge in [-0.25, -0.2) is 0 Å². The Morgan fingerprint density at radius 3 is 2.30 bits per heavy atom. The van der Waals surface area contributed by atoms with Gasteiger partial charge in [-0.3, -0.25) is 0 Å². The molecule has 0 atom stereocenters. The molecule has 172 valence electrons. The fourth-order valence-corrected chi connectivity index (χ4v) is 22.6. The Labute approximate surface area is 212 Å². The molecule has 3 heteroatoms. The van der Waals surface area contributed by atoms with Crippen LogP contribution in [0.4, 0.5) is 0 Å². The van der Waals surface area contributed by atoms with Gasteiger partial charge in [0, 0.05) is 0 Å². The average molecular weight is 557 g/mol. The van der Waals surface area contributed by atoms with Crippen LogP contribution in [0.15, 0.2) is 94.3 Å². The molecule has 0 N–H and O–H groups in total. The van der Waals surface area contributed by atoms with Crippen LogP contribution in [0.25, 0.3) is 11.1 Å². The van der Waals surface area contributed by atoms with Crippen LogP contribution in [-0.4, -0.2) is 4.21 Å². The molecule has 0 spiro atoms. The van der Waals surface area contributed by atoms with Crippen molar-refractivity contribution in [3.63, 3.8) is 0 Å². The molecule has 0 aromatic heterocycles. The summed E-state index contributed by atoms with van der Waals surface area (Å²) in [6, 6.07) is 27.3. The molecule has 2 aliphatic rings. The fourth-order valence-electron chi connectivity index (χ4n) is 6.16. The Kier molecular flexibility index (Phi) is 8.21. The number of allylic oxidation sites excluding steroid dienone is 4. The van der Waals surface area contributed by atoms with E-state index >= 15 is 0 Å². The summed E-state index contributed by atoms with van der Waals surface area (Å²) in [6.45, 7) is 2.33. The molecule has 0 saturated heterocycles. The Morgan fingerprint density at radius 1 is 0.848 bits per heavy atom. The van der Waals surface area contributed by atoms with E-state index in [9.17, 15) is 0 Å². The molecular weight excluding hydrogens is 522 g/mol. The summed E-state index contributed by atoms with van der Waals surface area (Å²) in [5.41, 5.74) is 7.39. The zero-order valence-electron chi connectivity index (χ0n) is 19.4. The van der Waals surface area contributed by atoms with Crippen molar-refractivity contribution in [2.45, 2.75) is 40.9 Å². The van der Waals surface area contributed by atoms with E-state index < -0.39 is 18.3 Å². The summed E-state index contributed by atoms with van der Waals surface area (Å²) >= 11 is -3.86. The molecule has 0 radical (unpaired) electrons. The Bertz CT molecular complexity index is 1250. The van der Waals surface area contributed by atoms with E-state index in [4.69, 9.17) is 4.21 Å². The third-order valence-corrected chi connectivity index (χ3v) is 24.4. The molecule has 0 fully saturated rings. The number of benzene rings is 3. The Morgan fingerprint density at radius 2 is 1.58 bits per heavy atom. The first kappa shape index (κ1) is 26.1. The van der Waals surface area contributed by atoms with Gasteiger partial charge in [-0.1, -0.05) is 0 Å². The minimum atomic E-state index is -3.86. The maximum atomic E-state index is 5.43. The van der Waals surface area contributed by atoms with Crippen LogP contribution in [0.5, 0.6) is 0 Å². The second kappa shape index (κ2) is 10.4. The zero-order valence-corrected chi connectivity index (χ0v) is 23.5. The van der Waals surface area contributed by atoms with Crippen molar-refractivity contribution in [1.82, 2.24) is 0 Å². The molecule has 33 heavy (non-hydrogen) atoms. The third-order valence-electron chi connectivity index (χ3n) is 7.78. The van der Waals surface area contributed by atoms with Crippen molar-refractivity contribution in [2.24, 2.45) is 0 Å². The van der Waals surface area contributed by atoms with Gasteiger partial charge in [-0.15, -0.1) is 24.8 Å². The molecule has 0 aliphatic heterocycles. The summed E-state index contributed by atoms with van der Waals surface area (Å²) in [4.78, 5) is 0. The maximum absolute atomic E-state index is 5.43. The topological polar surface area (TPSA) is 0 Å². The molecule has 0 nitrogen and oxygen atoms in total. The molecule has 3 aromatic rings. The van der Waals surface area contributed by atoms with Crippen LogP contribution in [-0.2, 0) is 28.8 Å². The number of fused-ring (bicyclic) bond motifs is 3. The van der Waals surface area contributed by atoms with Gasteiger partial charge in [-0.05, 0) is 0 Å². The number of rotatable bonds is 7. The summed E-state index contributed by atoms with van der Waals surface area (Å²) in [5, 5.41) is 0. The van der Waals surface area contributed by atoms with E-state index in [0.717, 1.165) is 17.0 Å². The van der Waals surface area contributed by atoms with Gasteiger partial charge >= 0.3 is 189 Å². The monoisotopic (exact) mass is 554 g/mol. The first-order valence-electron chi connectivity index (χ1n) is 11.8. The number of unbranched alkanes of at least 4 members (excludes halogenated alkanes) is 1. The van der Waals surface area contributed by atoms with E-state index in [2.05, 4.69) is 97.9 Å². The van der Waals surface area contributed by atoms with Gasteiger partial charge in [0.15, 0.2) is 0 Å². The van der Waals surface area contributed by atoms with E-state index in [1.54, 1.807) is 12.1 Å². The average Bonchev–Trinajstić information content (AvgIpc) is 3.47. The summed E-state index contributed by atoms with van der Waals surface area (Å²) < 4.78 is 11.2. The molecule has 0 unspecified atom stereocenters. The molecule has 2 aliphatic carbocycles. The van der Waals surface area contributed by atoms with Crippen LogP contribution in [0, 0.1) is 0 Å². The standard InChI is InChI=1S/C13H9.C7H7.C5H5.C4H9.CH2.2ClH.Zr/c1-3-7-12-10(5-1)9-11-6-2-4-8-13(11)12;1-7-5-3-2-4-6-7;1-2-4-5-3-1;1-3-4-2;;;;/h1-5,7-8H,9H2;2-6H,1H2;1-3H,4H2;1,3-4H2,2H3;1H2;2*1H;. The molecule has 0 amide bonds. The molecule has 3 aromatic carbocycles. The zero-order chi connectivity index (χ0) is 21.3. The third kappa shape index (κ3) is 4.45. The molecule has 0 bridgehead atoms. The quantitative estimate of drug-likeness (QED) is 0.216. The second-order valence-corrected chi connectivity index (χ2v) is 24.2.